The van der Waals surface area contributed by atoms with Gasteiger partial charge in [-0.1, -0.05) is 23.7 Å². The number of hydrogen-bond acceptors (Lipinski definition) is 3. The summed E-state index contributed by atoms with van der Waals surface area (Å²) >= 11 is 5.76. The van der Waals surface area contributed by atoms with E-state index in [0.29, 0.717) is 10.6 Å². The first kappa shape index (κ1) is 17.6. The standard InChI is InChI=1S/C17H9ClF3NO2/c18-14-5-1-11(2-6-14)9-13(10-22)16(23)12-3-7-15(8-4-12)24-17(19,20)21/h1-9H. The molecular weight excluding hydrogens is 343 g/mol. The van der Waals surface area contributed by atoms with Gasteiger partial charge in [0.15, 0.2) is 0 Å². The van der Waals surface area contributed by atoms with Crippen LogP contribution in [0.1, 0.15) is 15.9 Å². The van der Waals surface area contributed by atoms with Gasteiger partial charge in [-0.2, -0.15) is 5.26 Å². The second kappa shape index (κ2) is 7.20. The third-order valence-corrected chi connectivity index (χ3v) is 3.15. The van der Waals surface area contributed by atoms with E-state index in [-0.39, 0.29) is 11.1 Å². The van der Waals surface area contributed by atoms with Crippen LogP contribution in [0.4, 0.5) is 13.2 Å². The lowest BCUT2D eigenvalue weighted by molar-refractivity contribution is -0.274. The number of alkyl halides is 3. The van der Waals surface area contributed by atoms with Crippen molar-refractivity contribution in [2.24, 2.45) is 0 Å². The third-order valence-electron chi connectivity index (χ3n) is 2.90. The SMILES string of the molecule is N#CC(=Cc1ccc(Cl)cc1)C(=O)c1ccc(OC(F)(F)F)cc1. The summed E-state index contributed by atoms with van der Waals surface area (Å²) in [7, 11) is 0. The minimum Gasteiger partial charge on any atom is -0.406 e. The number of hydrogen-bond donors (Lipinski definition) is 0. The molecule has 0 atom stereocenters. The molecule has 0 radical (unpaired) electrons. The molecule has 7 heteroatoms. The summed E-state index contributed by atoms with van der Waals surface area (Å²) in [5.41, 5.74) is 0.523. The highest BCUT2D eigenvalue weighted by atomic mass is 35.5. The van der Waals surface area contributed by atoms with E-state index < -0.39 is 17.9 Å². The monoisotopic (exact) mass is 351 g/mol. The van der Waals surface area contributed by atoms with E-state index in [1.807, 2.05) is 0 Å². The zero-order chi connectivity index (χ0) is 17.7. The van der Waals surface area contributed by atoms with Crippen LogP contribution in [0.3, 0.4) is 0 Å². The molecule has 0 aliphatic rings. The second-order valence-corrected chi connectivity index (χ2v) is 5.06. The summed E-state index contributed by atoms with van der Waals surface area (Å²) in [5.74, 6) is -1.05. The zero-order valence-corrected chi connectivity index (χ0v) is 12.7. The van der Waals surface area contributed by atoms with E-state index in [4.69, 9.17) is 16.9 Å². The highest BCUT2D eigenvalue weighted by molar-refractivity contribution is 6.30. The van der Waals surface area contributed by atoms with Gasteiger partial charge in [0.1, 0.15) is 17.4 Å². The molecule has 0 fully saturated rings. The predicted octanol–water partition coefficient (Wildman–Crippen LogP) is 5.03. The Bertz CT molecular complexity index is 804. The van der Waals surface area contributed by atoms with Crippen LogP contribution in [0.25, 0.3) is 6.08 Å². The van der Waals surface area contributed by atoms with Crippen molar-refractivity contribution in [2.45, 2.75) is 6.36 Å². The van der Waals surface area contributed by atoms with Crippen LogP contribution < -0.4 is 4.74 Å². The van der Waals surface area contributed by atoms with E-state index in [2.05, 4.69) is 4.74 Å². The first-order valence-electron chi connectivity index (χ1n) is 6.56. The van der Waals surface area contributed by atoms with Gasteiger partial charge in [-0.15, -0.1) is 13.2 Å². The van der Waals surface area contributed by atoms with Crippen molar-refractivity contribution in [3.63, 3.8) is 0 Å². The quantitative estimate of drug-likeness (QED) is 0.441. The van der Waals surface area contributed by atoms with E-state index in [9.17, 15) is 18.0 Å². The van der Waals surface area contributed by atoms with Crippen LogP contribution in [0.2, 0.25) is 5.02 Å². The normalized spacial score (nSPS) is 11.7. The van der Waals surface area contributed by atoms with Crippen molar-refractivity contribution in [1.82, 2.24) is 0 Å². The number of allylic oxidation sites excluding steroid dienone is 1. The molecule has 2 aromatic rings. The maximum Gasteiger partial charge on any atom is 0.573 e. The molecule has 0 aromatic heterocycles. The molecule has 0 aliphatic carbocycles. The summed E-state index contributed by atoms with van der Waals surface area (Å²) in [5, 5.41) is 9.65. The lowest BCUT2D eigenvalue weighted by Crippen LogP contribution is -2.17. The van der Waals surface area contributed by atoms with Crippen molar-refractivity contribution in [2.75, 3.05) is 0 Å². The van der Waals surface area contributed by atoms with Crippen LogP contribution in [0.5, 0.6) is 5.75 Å². The molecular formula is C17H9ClF3NO2. The van der Waals surface area contributed by atoms with Crippen molar-refractivity contribution >= 4 is 23.5 Å². The average Bonchev–Trinajstić information content (AvgIpc) is 2.53. The van der Waals surface area contributed by atoms with Crippen LogP contribution in [-0.2, 0) is 0 Å². The number of carbonyl (C=O) groups excluding carboxylic acids is 1. The molecule has 2 rings (SSSR count). The van der Waals surface area contributed by atoms with Crippen LogP contribution in [-0.4, -0.2) is 12.1 Å². The van der Waals surface area contributed by atoms with Gasteiger partial charge in [0.25, 0.3) is 0 Å². The van der Waals surface area contributed by atoms with Crippen LogP contribution >= 0.6 is 11.6 Å². The van der Waals surface area contributed by atoms with Gasteiger partial charge >= 0.3 is 6.36 Å². The maximum absolute atomic E-state index is 12.3. The summed E-state index contributed by atoms with van der Waals surface area (Å²) in [6.07, 6.45) is -3.43. The smallest absolute Gasteiger partial charge is 0.406 e. The highest BCUT2D eigenvalue weighted by Crippen LogP contribution is 2.23. The fourth-order valence-corrected chi connectivity index (χ4v) is 1.96. The summed E-state index contributed by atoms with van der Waals surface area (Å²) in [6, 6.07) is 12.6. The first-order valence-corrected chi connectivity index (χ1v) is 6.94. The first-order chi connectivity index (χ1) is 11.3. The molecule has 122 valence electrons. The Balaban J connectivity index is 2.22. The Hall–Kier alpha value is -2.78. The molecule has 0 bridgehead atoms. The Morgan fingerprint density at radius 3 is 2.17 bits per heavy atom. The molecule has 0 N–H and O–H groups in total. The van der Waals surface area contributed by atoms with E-state index in [0.717, 1.165) is 24.3 Å². The van der Waals surface area contributed by atoms with E-state index >= 15 is 0 Å². The van der Waals surface area contributed by atoms with Crippen molar-refractivity contribution in [1.29, 1.82) is 5.26 Å². The van der Waals surface area contributed by atoms with Gasteiger partial charge in [-0.3, -0.25) is 4.79 Å². The minimum atomic E-state index is -4.81. The second-order valence-electron chi connectivity index (χ2n) is 4.62. The Labute approximate surface area is 140 Å². The van der Waals surface area contributed by atoms with Gasteiger partial charge in [-0.05, 0) is 48.0 Å². The number of carbonyl (C=O) groups is 1. The fraction of sp³-hybridized carbons (Fsp3) is 0.0588. The molecule has 3 nitrogen and oxygen atoms in total. The van der Waals surface area contributed by atoms with Crippen molar-refractivity contribution in [3.05, 3.63) is 70.3 Å². The molecule has 0 aliphatic heterocycles. The highest BCUT2D eigenvalue weighted by Gasteiger charge is 2.31. The topological polar surface area (TPSA) is 50.1 Å². The third kappa shape index (κ3) is 4.86. The number of Topliss-reactive ketones (excluding diaryl/α,β-unsaturated/α-hetero) is 1. The van der Waals surface area contributed by atoms with Gasteiger partial charge in [-0.25, -0.2) is 0 Å². The van der Waals surface area contributed by atoms with Gasteiger partial charge in [0.2, 0.25) is 5.78 Å². The van der Waals surface area contributed by atoms with Gasteiger partial charge in [0.05, 0.1) is 0 Å². The lowest BCUT2D eigenvalue weighted by atomic mass is 10.0. The molecule has 0 amide bonds. The van der Waals surface area contributed by atoms with Crippen LogP contribution in [0, 0.1) is 11.3 Å². The largest absolute Gasteiger partial charge is 0.573 e. The number of ether oxygens (including phenoxy) is 1. The average molecular weight is 352 g/mol. The summed E-state index contributed by atoms with van der Waals surface area (Å²) in [6.45, 7) is 0. The predicted molar refractivity (Wildman–Crippen MR) is 82.5 cm³/mol. The number of halogens is 4. The van der Waals surface area contributed by atoms with Crippen molar-refractivity contribution < 1.29 is 22.7 Å². The molecule has 0 saturated heterocycles. The van der Waals surface area contributed by atoms with Crippen molar-refractivity contribution in [3.8, 4) is 11.8 Å². The maximum atomic E-state index is 12.3. The molecule has 0 unspecified atom stereocenters. The number of nitriles is 1. The number of benzene rings is 2. The Morgan fingerprint density at radius 2 is 1.67 bits per heavy atom. The lowest BCUT2D eigenvalue weighted by Gasteiger charge is -2.08. The molecule has 0 spiro atoms. The molecule has 0 saturated carbocycles. The fourth-order valence-electron chi connectivity index (χ4n) is 1.84. The molecule has 24 heavy (non-hydrogen) atoms. The Kier molecular flexibility index (Phi) is 5.27. The Morgan fingerprint density at radius 1 is 1.08 bits per heavy atom. The number of ketones is 1. The van der Waals surface area contributed by atoms with Crippen LogP contribution in [0.15, 0.2) is 54.1 Å². The van der Waals surface area contributed by atoms with Gasteiger partial charge in [0, 0.05) is 10.6 Å². The number of nitrogens with zero attached hydrogens (tertiary/aromatic N) is 1. The summed E-state index contributed by atoms with van der Waals surface area (Å²) < 4.78 is 40.0. The summed E-state index contributed by atoms with van der Waals surface area (Å²) in [4.78, 5) is 12.3. The minimum absolute atomic E-state index is 0.0753. The van der Waals surface area contributed by atoms with Gasteiger partial charge < -0.3 is 4.74 Å². The molecule has 0 heterocycles. The van der Waals surface area contributed by atoms with E-state index in [1.165, 1.54) is 6.08 Å². The molecule has 2 aromatic carbocycles. The van der Waals surface area contributed by atoms with E-state index in [1.54, 1.807) is 30.3 Å². The zero-order valence-electron chi connectivity index (χ0n) is 12.0. The number of rotatable bonds is 4.